The van der Waals surface area contributed by atoms with Crippen LogP contribution < -0.4 is 5.14 Å². The second-order valence-corrected chi connectivity index (χ2v) is 5.52. The minimum Gasteiger partial charge on any atom is -0.238 e. The van der Waals surface area contributed by atoms with E-state index in [1.54, 1.807) is 6.92 Å². The van der Waals surface area contributed by atoms with Gasteiger partial charge in [-0.3, -0.25) is 0 Å². The predicted octanol–water partition coefficient (Wildman–Crippen LogP) is 1.77. The highest BCUT2D eigenvalue weighted by molar-refractivity contribution is 7.89. The Labute approximate surface area is 108 Å². The number of hydrogen-bond acceptors (Lipinski definition) is 3. The Morgan fingerprint density at radius 1 is 1.26 bits per heavy atom. The maximum absolute atomic E-state index is 12.5. The number of sulfonamides is 1. The lowest BCUT2D eigenvalue weighted by molar-refractivity contribution is 0.145. The number of hydrogen-bond donors (Lipinski definition) is 1. The lowest BCUT2D eigenvalue weighted by Gasteiger charge is -2.05. The van der Waals surface area contributed by atoms with E-state index in [0.29, 0.717) is 11.4 Å². The van der Waals surface area contributed by atoms with Crippen LogP contribution in [0.15, 0.2) is 35.2 Å². The fraction of sp³-hybridized carbons (Fsp3) is 0.182. The molecule has 19 heavy (non-hydrogen) atoms. The van der Waals surface area contributed by atoms with E-state index in [1.165, 1.54) is 35.0 Å². The normalized spacial score (nSPS) is 12.1. The molecule has 2 aromatic rings. The lowest BCUT2D eigenvalue weighted by atomic mass is 10.3. The van der Waals surface area contributed by atoms with Gasteiger partial charge in [-0.25, -0.2) is 27.0 Å². The summed E-state index contributed by atoms with van der Waals surface area (Å²) in [5, 5.41) is 8.73. The SMILES string of the molecule is Cc1cc(C(F)F)nn1-c1ccc(S(N)(=O)=O)cc1. The second-order valence-electron chi connectivity index (χ2n) is 3.96. The van der Waals surface area contributed by atoms with Gasteiger partial charge in [0.1, 0.15) is 5.69 Å². The molecule has 0 bridgehead atoms. The van der Waals surface area contributed by atoms with Gasteiger partial charge in [0, 0.05) is 5.69 Å². The quantitative estimate of drug-likeness (QED) is 0.934. The Morgan fingerprint density at radius 2 is 1.84 bits per heavy atom. The predicted molar refractivity (Wildman–Crippen MR) is 64.6 cm³/mol. The van der Waals surface area contributed by atoms with Crippen LogP contribution in [0.4, 0.5) is 8.78 Å². The van der Waals surface area contributed by atoms with Gasteiger partial charge in [0.2, 0.25) is 10.0 Å². The van der Waals surface area contributed by atoms with Crippen LogP contribution in [-0.2, 0) is 10.0 Å². The summed E-state index contributed by atoms with van der Waals surface area (Å²) in [5.74, 6) is 0. The molecule has 0 aliphatic rings. The third-order valence-electron chi connectivity index (χ3n) is 2.54. The van der Waals surface area contributed by atoms with Crippen LogP contribution in [0, 0.1) is 6.92 Å². The molecule has 0 radical (unpaired) electrons. The van der Waals surface area contributed by atoms with Crippen molar-refractivity contribution in [1.82, 2.24) is 9.78 Å². The topological polar surface area (TPSA) is 78.0 Å². The number of primary sulfonamides is 1. The molecule has 0 saturated heterocycles. The molecule has 0 unspecified atom stereocenters. The van der Waals surface area contributed by atoms with E-state index in [2.05, 4.69) is 5.10 Å². The number of aromatic nitrogens is 2. The minimum absolute atomic E-state index is 0.0462. The number of rotatable bonds is 3. The number of nitrogens with zero attached hydrogens (tertiary/aromatic N) is 2. The third kappa shape index (κ3) is 2.79. The van der Waals surface area contributed by atoms with Crippen LogP contribution in [0.25, 0.3) is 5.69 Å². The number of halogens is 2. The van der Waals surface area contributed by atoms with Crippen molar-refractivity contribution in [3.63, 3.8) is 0 Å². The minimum atomic E-state index is -3.77. The molecule has 0 fully saturated rings. The highest BCUT2D eigenvalue weighted by Crippen LogP contribution is 2.21. The molecule has 0 spiro atoms. The molecule has 2 rings (SSSR count). The van der Waals surface area contributed by atoms with Crippen LogP contribution in [0.3, 0.4) is 0 Å². The third-order valence-corrected chi connectivity index (χ3v) is 3.47. The molecule has 2 N–H and O–H groups in total. The summed E-state index contributed by atoms with van der Waals surface area (Å²) < 4.78 is 48.6. The Balaban J connectivity index is 2.43. The molecule has 1 aromatic heterocycles. The molecule has 102 valence electrons. The first-order valence-electron chi connectivity index (χ1n) is 5.27. The maximum atomic E-state index is 12.5. The van der Waals surface area contributed by atoms with Crippen molar-refractivity contribution in [1.29, 1.82) is 0 Å². The lowest BCUT2D eigenvalue weighted by Crippen LogP contribution is -2.12. The smallest absolute Gasteiger partial charge is 0.238 e. The Bertz CT molecular complexity index is 693. The highest BCUT2D eigenvalue weighted by Gasteiger charge is 2.14. The molecule has 0 aliphatic heterocycles. The van der Waals surface area contributed by atoms with Crippen LogP contribution in [-0.4, -0.2) is 18.2 Å². The van der Waals surface area contributed by atoms with Crippen molar-refractivity contribution < 1.29 is 17.2 Å². The van der Waals surface area contributed by atoms with E-state index < -0.39 is 16.4 Å². The Hall–Kier alpha value is -1.80. The van der Waals surface area contributed by atoms with E-state index in [4.69, 9.17) is 5.14 Å². The summed E-state index contributed by atoms with van der Waals surface area (Å²) in [5.41, 5.74) is 0.684. The summed E-state index contributed by atoms with van der Waals surface area (Å²) >= 11 is 0. The van der Waals surface area contributed by atoms with Gasteiger partial charge in [0.15, 0.2) is 0 Å². The van der Waals surface area contributed by atoms with E-state index in [-0.39, 0.29) is 10.6 Å². The van der Waals surface area contributed by atoms with Crippen molar-refractivity contribution >= 4 is 10.0 Å². The summed E-state index contributed by atoms with van der Waals surface area (Å²) in [6.45, 7) is 1.63. The van der Waals surface area contributed by atoms with Gasteiger partial charge in [-0.05, 0) is 37.3 Å². The number of benzene rings is 1. The zero-order chi connectivity index (χ0) is 14.2. The molecule has 1 heterocycles. The average molecular weight is 287 g/mol. The summed E-state index contributed by atoms with van der Waals surface area (Å²) in [4.78, 5) is -0.0462. The van der Waals surface area contributed by atoms with E-state index in [1.807, 2.05) is 0 Å². The first-order chi connectivity index (χ1) is 8.79. The van der Waals surface area contributed by atoms with Gasteiger partial charge in [0.25, 0.3) is 6.43 Å². The summed E-state index contributed by atoms with van der Waals surface area (Å²) in [7, 11) is -3.77. The standard InChI is InChI=1S/C11H11F2N3O2S/c1-7-6-10(11(12)13)15-16(7)8-2-4-9(5-3-8)19(14,17)18/h2-6,11H,1H3,(H2,14,17,18). The molecular weight excluding hydrogens is 276 g/mol. The Morgan fingerprint density at radius 3 is 2.26 bits per heavy atom. The fourth-order valence-electron chi connectivity index (χ4n) is 1.64. The van der Waals surface area contributed by atoms with Crippen molar-refractivity contribution in [2.24, 2.45) is 5.14 Å². The van der Waals surface area contributed by atoms with Crippen LogP contribution in [0.5, 0.6) is 0 Å². The van der Waals surface area contributed by atoms with Crippen molar-refractivity contribution in [2.75, 3.05) is 0 Å². The first kappa shape index (κ1) is 13.6. The second kappa shape index (κ2) is 4.71. The van der Waals surface area contributed by atoms with Gasteiger partial charge in [-0.15, -0.1) is 0 Å². The van der Waals surface area contributed by atoms with Gasteiger partial charge in [0.05, 0.1) is 10.6 Å². The first-order valence-corrected chi connectivity index (χ1v) is 6.81. The molecule has 8 heteroatoms. The zero-order valence-electron chi connectivity index (χ0n) is 9.92. The molecule has 1 aromatic carbocycles. The highest BCUT2D eigenvalue weighted by atomic mass is 32.2. The maximum Gasteiger partial charge on any atom is 0.282 e. The molecule has 5 nitrogen and oxygen atoms in total. The largest absolute Gasteiger partial charge is 0.282 e. The van der Waals surface area contributed by atoms with Crippen LogP contribution in [0.2, 0.25) is 0 Å². The van der Waals surface area contributed by atoms with E-state index >= 15 is 0 Å². The van der Waals surface area contributed by atoms with Crippen molar-refractivity contribution in [3.05, 3.63) is 41.7 Å². The molecule has 0 saturated carbocycles. The number of nitrogens with two attached hydrogens (primary N) is 1. The van der Waals surface area contributed by atoms with Gasteiger partial charge in [-0.1, -0.05) is 0 Å². The molecule has 0 atom stereocenters. The average Bonchev–Trinajstić information content (AvgIpc) is 2.70. The fourth-order valence-corrected chi connectivity index (χ4v) is 2.16. The van der Waals surface area contributed by atoms with Crippen molar-refractivity contribution in [2.45, 2.75) is 18.2 Å². The van der Waals surface area contributed by atoms with Crippen LogP contribution in [0.1, 0.15) is 17.8 Å². The van der Waals surface area contributed by atoms with Gasteiger partial charge in [-0.2, -0.15) is 5.10 Å². The number of alkyl halides is 2. The van der Waals surface area contributed by atoms with Gasteiger partial charge >= 0.3 is 0 Å². The molecule has 0 amide bonds. The van der Waals surface area contributed by atoms with Crippen LogP contribution >= 0.6 is 0 Å². The van der Waals surface area contributed by atoms with E-state index in [9.17, 15) is 17.2 Å². The number of aryl methyl sites for hydroxylation is 1. The summed E-state index contributed by atoms with van der Waals surface area (Å²) in [6, 6.07) is 6.78. The molecular formula is C11H11F2N3O2S. The van der Waals surface area contributed by atoms with Crippen molar-refractivity contribution in [3.8, 4) is 5.69 Å². The monoisotopic (exact) mass is 287 g/mol. The zero-order valence-corrected chi connectivity index (χ0v) is 10.7. The molecule has 0 aliphatic carbocycles. The van der Waals surface area contributed by atoms with E-state index in [0.717, 1.165) is 0 Å². The summed E-state index contributed by atoms with van der Waals surface area (Å²) in [6.07, 6.45) is -2.65. The Kier molecular flexibility index (Phi) is 3.38. The van der Waals surface area contributed by atoms with Gasteiger partial charge < -0.3 is 0 Å².